The molecular weight excluding hydrogens is 366 g/mol. The molecule has 0 radical (unpaired) electrons. The first kappa shape index (κ1) is 15.3. The molecule has 24 heavy (non-hydrogen) atoms. The van der Waals surface area contributed by atoms with Crippen molar-refractivity contribution in [1.82, 2.24) is 14.9 Å². The first-order chi connectivity index (χ1) is 11.7. The van der Waals surface area contributed by atoms with Gasteiger partial charge in [0.05, 0.1) is 23.3 Å². The van der Waals surface area contributed by atoms with Gasteiger partial charge in [-0.05, 0) is 42.7 Å². The minimum absolute atomic E-state index is 0.0429. The largest absolute Gasteiger partial charge is 0.330 e. The highest BCUT2D eigenvalue weighted by atomic mass is 79.9. The summed E-state index contributed by atoms with van der Waals surface area (Å²) in [6.07, 6.45) is 3.57. The number of carbonyl (C=O) groups is 1. The number of halogens is 1. The number of hydrogen-bond donors (Lipinski definition) is 0. The zero-order chi connectivity index (χ0) is 16.5. The van der Waals surface area contributed by atoms with Crippen molar-refractivity contribution in [2.24, 2.45) is 0 Å². The molecule has 120 valence electrons. The molecule has 0 N–H and O–H groups in total. The fourth-order valence-corrected chi connectivity index (χ4v) is 3.51. The van der Waals surface area contributed by atoms with Crippen LogP contribution in [0.1, 0.15) is 34.9 Å². The number of carbonyl (C=O) groups excluding carboxylic acids is 1. The van der Waals surface area contributed by atoms with Crippen LogP contribution < -0.4 is 0 Å². The number of likely N-dealkylation sites (tertiary alicyclic amines) is 1. The molecule has 4 nitrogen and oxygen atoms in total. The maximum atomic E-state index is 13.0. The predicted molar refractivity (Wildman–Crippen MR) is 96.7 cm³/mol. The van der Waals surface area contributed by atoms with Crippen LogP contribution in [0.25, 0.3) is 11.0 Å². The van der Waals surface area contributed by atoms with Crippen LogP contribution in [0.5, 0.6) is 0 Å². The molecule has 0 bridgehead atoms. The molecule has 1 amide bonds. The summed E-state index contributed by atoms with van der Waals surface area (Å²) in [7, 11) is 0. The van der Waals surface area contributed by atoms with E-state index in [1.165, 1.54) is 0 Å². The Bertz CT molecular complexity index is 895. The van der Waals surface area contributed by atoms with Crippen molar-refractivity contribution in [3.8, 4) is 0 Å². The van der Waals surface area contributed by atoms with Crippen LogP contribution in [0.4, 0.5) is 0 Å². The molecule has 3 aromatic rings. The molecule has 2 heterocycles. The highest BCUT2D eigenvalue weighted by molar-refractivity contribution is 9.10. The lowest BCUT2D eigenvalue weighted by Gasteiger charge is -2.24. The molecule has 1 fully saturated rings. The van der Waals surface area contributed by atoms with Gasteiger partial charge >= 0.3 is 0 Å². The third kappa shape index (κ3) is 2.80. The molecule has 0 spiro atoms. The summed E-state index contributed by atoms with van der Waals surface area (Å²) in [6.45, 7) is 0.758. The minimum Gasteiger partial charge on any atom is -0.330 e. The lowest BCUT2D eigenvalue weighted by molar-refractivity contribution is 0.0729. The second-order valence-corrected chi connectivity index (χ2v) is 6.87. The normalized spacial score (nSPS) is 17.4. The van der Waals surface area contributed by atoms with E-state index in [9.17, 15) is 4.79 Å². The SMILES string of the molecule is O=C(c1cnc2ccccc2n1)N1CCC[C@@H]1c1ccc(Br)cc1. The van der Waals surface area contributed by atoms with Gasteiger partial charge in [0.15, 0.2) is 0 Å². The molecule has 1 aliphatic rings. The Kier molecular flexibility index (Phi) is 4.02. The molecule has 4 rings (SSSR count). The van der Waals surface area contributed by atoms with Crippen molar-refractivity contribution >= 4 is 32.9 Å². The number of rotatable bonds is 2. The fourth-order valence-electron chi connectivity index (χ4n) is 3.25. The summed E-state index contributed by atoms with van der Waals surface area (Å²) >= 11 is 3.46. The van der Waals surface area contributed by atoms with E-state index in [2.05, 4.69) is 38.0 Å². The maximum absolute atomic E-state index is 13.0. The van der Waals surface area contributed by atoms with Crippen LogP contribution >= 0.6 is 15.9 Å². The van der Waals surface area contributed by atoms with E-state index < -0.39 is 0 Å². The molecule has 1 saturated heterocycles. The van der Waals surface area contributed by atoms with Crippen LogP contribution in [-0.4, -0.2) is 27.3 Å². The van der Waals surface area contributed by atoms with E-state index in [4.69, 9.17) is 0 Å². The summed E-state index contributed by atoms with van der Waals surface area (Å²) in [5.74, 6) is -0.0429. The number of hydrogen-bond acceptors (Lipinski definition) is 3. The highest BCUT2D eigenvalue weighted by Gasteiger charge is 2.31. The Morgan fingerprint density at radius 1 is 1.08 bits per heavy atom. The molecular formula is C19H16BrN3O. The number of para-hydroxylation sites is 2. The molecule has 1 aromatic heterocycles. The average molecular weight is 382 g/mol. The third-order valence-electron chi connectivity index (χ3n) is 4.44. The Labute approximate surface area is 148 Å². The van der Waals surface area contributed by atoms with Crippen LogP contribution in [-0.2, 0) is 0 Å². The van der Waals surface area contributed by atoms with E-state index in [1.807, 2.05) is 41.3 Å². The Morgan fingerprint density at radius 2 is 1.83 bits per heavy atom. The molecule has 1 atom stereocenters. The molecule has 1 aliphatic heterocycles. The number of fused-ring (bicyclic) bond motifs is 1. The van der Waals surface area contributed by atoms with Gasteiger partial charge in [0.1, 0.15) is 5.69 Å². The Balaban J connectivity index is 1.65. The van der Waals surface area contributed by atoms with Crippen molar-refractivity contribution in [3.63, 3.8) is 0 Å². The minimum atomic E-state index is -0.0429. The van der Waals surface area contributed by atoms with Crippen molar-refractivity contribution < 1.29 is 4.79 Å². The van der Waals surface area contributed by atoms with E-state index >= 15 is 0 Å². The van der Waals surface area contributed by atoms with Crippen LogP contribution in [0.3, 0.4) is 0 Å². The van der Waals surface area contributed by atoms with E-state index in [1.54, 1.807) is 6.20 Å². The van der Waals surface area contributed by atoms with E-state index in [0.717, 1.165) is 40.5 Å². The molecule has 0 saturated carbocycles. The lowest BCUT2D eigenvalue weighted by atomic mass is 10.0. The number of nitrogens with zero attached hydrogens (tertiary/aromatic N) is 3. The van der Waals surface area contributed by atoms with Gasteiger partial charge in [-0.2, -0.15) is 0 Å². The first-order valence-electron chi connectivity index (χ1n) is 8.00. The maximum Gasteiger partial charge on any atom is 0.274 e. The van der Waals surface area contributed by atoms with Crippen molar-refractivity contribution in [2.45, 2.75) is 18.9 Å². The average Bonchev–Trinajstić information content (AvgIpc) is 3.11. The van der Waals surface area contributed by atoms with Gasteiger partial charge in [-0.1, -0.05) is 40.2 Å². The summed E-state index contributed by atoms with van der Waals surface area (Å²) in [4.78, 5) is 23.7. The smallest absolute Gasteiger partial charge is 0.274 e. The highest BCUT2D eigenvalue weighted by Crippen LogP contribution is 2.33. The molecule has 0 unspecified atom stereocenters. The van der Waals surface area contributed by atoms with Gasteiger partial charge in [0, 0.05) is 11.0 Å². The van der Waals surface area contributed by atoms with Crippen molar-refractivity contribution in [2.75, 3.05) is 6.54 Å². The second-order valence-electron chi connectivity index (χ2n) is 5.95. The molecule has 5 heteroatoms. The number of amides is 1. The Hall–Kier alpha value is -2.27. The zero-order valence-electron chi connectivity index (χ0n) is 13.0. The van der Waals surface area contributed by atoms with Gasteiger partial charge < -0.3 is 4.90 Å². The van der Waals surface area contributed by atoms with Gasteiger partial charge in [-0.15, -0.1) is 0 Å². The predicted octanol–water partition coefficient (Wildman–Crippen LogP) is 4.37. The van der Waals surface area contributed by atoms with Gasteiger partial charge in [0.25, 0.3) is 5.91 Å². The third-order valence-corrected chi connectivity index (χ3v) is 4.96. The van der Waals surface area contributed by atoms with Crippen molar-refractivity contribution in [3.05, 3.63) is 70.5 Å². The molecule has 0 aliphatic carbocycles. The van der Waals surface area contributed by atoms with Crippen molar-refractivity contribution in [1.29, 1.82) is 0 Å². The zero-order valence-corrected chi connectivity index (χ0v) is 14.6. The lowest BCUT2D eigenvalue weighted by Crippen LogP contribution is -2.31. The number of aromatic nitrogens is 2. The summed E-state index contributed by atoms with van der Waals surface area (Å²) in [5, 5.41) is 0. The van der Waals surface area contributed by atoms with E-state index in [-0.39, 0.29) is 11.9 Å². The standard InChI is InChI=1S/C19H16BrN3O/c20-14-9-7-13(8-10-14)18-6-3-11-23(18)19(24)17-12-21-15-4-1-2-5-16(15)22-17/h1-2,4-5,7-10,12,18H,3,6,11H2/t18-/m1/s1. The molecule has 2 aromatic carbocycles. The quantitative estimate of drug-likeness (QED) is 0.661. The van der Waals surface area contributed by atoms with Crippen LogP contribution in [0.15, 0.2) is 59.2 Å². The topological polar surface area (TPSA) is 46.1 Å². The number of benzene rings is 2. The van der Waals surface area contributed by atoms with Gasteiger partial charge in [-0.25, -0.2) is 4.98 Å². The van der Waals surface area contributed by atoms with E-state index in [0.29, 0.717) is 5.69 Å². The van der Waals surface area contributed by atoms with Crippen LogP contribution in [0, 0.1) is 0 Å². The summed E-state index contributed by atoms with van der Waals surface area (Å²) in [6, 6.07) is 15.9. The van der Waals surface area contributed by atoms with Gasteiger partial charge in [0.2, 0.25) is 0 Å². The van der Waals surface area contributed by atoms with Crippen LogP contribution in [0.2, 0.25) is 0 Å². The summed E-state index contributed by atoms with van der Waals surface area (Å²) < 4.78 is 1.04. The van der Waals surface area contributed by atoms with Gasteiger partial charge in [-0.3, -0.25) is 9.78 Å². The fraction of sp³-hybridized carbons (Fsp3) is 0.211. The second kappa shape index (κ2) is 6.32. The summed E-state index contributed by atoms with van der Waals surface area (Å²) in [5.41, 5.74) is 3.14. The monoisotopic (exact) mass is 381 g/mol. The Morgan fingerprint density at radius 3 is 2.62 bits per heavy atom. The first-order valence-corrected chi connectivity index (χ1v) is 8.80.